The first kappa shape index (κ1) is 25.7. The van der Waals surface area contributed by atoms with Crippen molar-refractivity contribution in [2.75, 3.05) is 31.8 Å². The van der Waals surface area contributed by atoms with Crippen molar-refractivity contribution in [3.05, 3.63) is 6.33 Å². The minimum atomic E-state index is -3.59. The Morgan fingerprint density at radius 2 is 2.09 bits per heavy atom. The zero-order valence-corrected chi connectivity index (χ0v) is 20.9. The van der Waals surface area contributed by atoms with E-state index in [0.717, 1.165) is 0 Å². The van der Waals surface area contributed by atoms with E-state index in [0.29, 0.717) is 17.8 Å². The molecule has 14 nitrogen and oxygen atoms in total. The van der Waals surface area contributed by atoms with Crippen molar-refractivity contribution in [1.29, 1.82) is 0 Å². The average molecular weight is 514 g/mol. The van der Waals surface area contributed by atoms with Gasteiger partial charge < -0.3 is 34.1 Å². The molecule has 2 aromatic rings. The van der Waals surface area contributed by atoms with Gasteiger partial charge in [0.2, 0.25) is 11.8 Å². The Balaban J connectivity index is 1.43. The van der Waals surface area contributed by atoms with Crippen molar-refractivity contribution in [3.8, 4) is 5.88 Å². The van der Waals surface area contributed by atoms with Gasteiger partial charge in [-0.1, -0.05) is 0 Å². The molecular weight excluding hydrogens is 483 g/mol. The predicted octanol–water partition coefficient (Wildman–Crippen LogP) is 0.809. The van der Waals surface area contributed by atoms with E-state index < -0.39 is 44.0 Å². The monoisotopic (exact) mass is 514 g/mol. The molecule has 6 unspecified atom stereocenters. The van der Waals surface area contributed by atoms with Crippen LogP contribution in [-0.4, -0.2) is 81.1 Å². The number of aliphatic hydroxyl groups excluding tert-OH is 1. The molecule has 0 bridgehead atoms. The largest absolute Gasteiger partial charge is 0.476 e. The number of aliphatic hydroxyl groups is 1. The maximum Gasteiger partial charge on any atom is 0.344 e. The van der Waals surface area contributed by atoms with Gasteiger partial charge in [-0.15, -0.1) is 0 Å². The molecule has 2 aromatic heterocycles. The molecule has 0 amide bonds. The number of fused-ring (bicyclic) bond motifs is 2. The first-order valence-corrected chi connectivity index (χ1v) is 13.1. The van der Waals surface area contributed by atoms with Crippen molar-refractivity contribution in [2.45, 2.75) is 58.3 Å². The van der Waals surface area contributed by atoms with Crippen LogP contribution >= 0.6 is 7.60 Å². The zero-order chi connectivity index (χ0) is 25.3. The maximum absolute atomic E-state index is 13.1. The van der Waals surface area contributed by atoms with Crippen LogP contribution < -0.4 is 15.8 Å². The Hall–Kier alpha value is -2.35. The van der Waals surface area contributed by atoms with E-state index in [2.05, 4.69) is 20.3 Å². The molecule has 0 spiro atoms. The number of rotatable bonds is 8. The Kier molecular flexibility index (Phi) is 7.60. The zero-order valence-electron chi connectivity index (χ0n) is 20.0. The first-order valence-electron chi connectivity index (χ1n) is 11.4. The van der Waals surface area contributed by atoms with Gasteiger partial charge in [0, 0.05) is 5.92 Å². The second-order valence-electron chi connectivity index (χ2n) is 8.64. The number of carbonyl (C=O) groups is 1. The van der Waals surface area contributed by atoms with E-state index in [9.17, 15) is 14.5 Å². The second kappa shape index (κ2) is 10.3. The molecule has 0 aromatic carbocycles. The number of nitrogens with two attached hydrogens (primary N) is 1. The average Bonchev–Trinajstić information content (AvgIpc) is 3.29. The molecule has 2 aliphatic heterocycles. The third-order valence-electron chi connectivity index (χ3n) is 5.68. The number of imidazole rings is 1. The molecule has 0 radical (unpaired) electrons. The number of ether oxygens (including phenoxy) is 3. The van der Waals surface area contributed by atoms with E-state index >= 15 is 0 Å². The summed E-state index contributed by atoms with van der Waals surface area (Å²) in [4.78, 5) is 24.6. The van der Waals surface area contributed by atoms with Gasteiger partial charge >= 0.3 is 13.6 Å². The lowest BCUT2D eigenvalue weighted by atomic mass is 9.99. The van der Waals surface area contributed by atoms with Gasteiger partial charge in [-0.2, -0.15) is 9.97 Å². The van der Waals surface area contributed by atoms with Crippen molar-refractivity contribution in [3.63, 3.8) is 0 Å². The summed E-state index contributed by atoms with van der Waals surface area (Å²) < 4.78 is 42.5. The van der Waals surface area contributed by atoms with Crippen LogP contribution in [0.15, 0.2) is 6.33 Å². The first-order chi connectivity index (χ1) is 16.6. The van der Waals surface area contributed by atoms with E-state index in [1.165, 1.54) is 6.33 Å². The molecule has 194 valence electrons. The Bertz CT molecular complexity index is 1110. The predicted molar refractivity (Wildman–Crippen MR) is 123 cm³/mol. The van der Waals surface area contributed by atoms with Gasteiger partial charge in [0.15, 0.2) is 17.4 Å². The van der Waals surface area contributed by atoms with E-state index in [1.54, 1.807) is 25.3 Å². The number of aromatic nitrogens is 4. The van der Waals surface area contributed by atoms with Crippen LogP contribution in [0.4, 0.5) is 5.95 Å². The van der Waals surface area contributed by atoms with Gasteiger partial charge in [0.25, 0.3) is 0 Å². The highest BCUT2D eigenvalue weighted by Gasteiger charge is 2.49. The number of nitrogen functional groups attached to an aromatic ring is 1. The summed E-state index contributed by atoms with van der Waals surface area (Å²) in [5, 5.41) is 13.9. The summed E-state index contributed by atoms with van der Waals surface area (Å²) in [7, 11) is -3.59. The van der Waals surface area contributed by atoms with Gasteiger partial charge in [0.05, 0.1) is 44.6 Å². The van der Waals surface area contributed by atoms with Crippen molar-refractivity contribution < 1.29 is 37.7 Å². The van der Waals surface area contributed by atoms with Gasteiger partial charge in [-0.25, -0.2) is 4.98 Å². The third-order valence-corrected chi connectivity index (χ3v) is 7.34. The highest BCUT2D eigenvalue weighted by atomic mass is 31.2. The van der Waals surface area contributed by atoms with Gasteiger partial charge in [-0.3, -0.25) is 19.2 Å². The number of nitrogens with one attached hydrogen (secondary N) is 1. The molecule has 2 aliphatic rings. The van der Waals surface area contributed by atoms with Crippen LogP contribution in [0.5, 0.6) is 5.88 Å². The Labute approximate surface area is 202 Å². The highest BCUT2D eigenvalue weighted by Crippen LogP contribution is 2.52. The molecule has 15 heteroatoms. The summed E-state index contributed by atoms with van der Waals surface area (Å²) >= 11 is 0. The second-order valence-corrected chi connectivity index (χ2v) is 10.7. The van der Waals surface area contributed by atoms with Gasteiger partial charge in [0.1, 0.15) is 12.1 Å². The van der Waals surface area contributed by atoms with Crippen LogP contribution in [0.1, 0.15) is 33.9 Å². The maximum atomic E-state index is 13.1. The number of hydrogen-bond donors (Lipinski definition) is 3. The lowest BCUT2D eigenvalue weighted by Gasteiger charge is -2.22. The molecular formula is C20H31N6O8P. The molecule has 0 aliphatic carbocycles. The number of esters is 1. The summed E-state index contributed by atoms with van der Waals surface area (Å²) in [6.07, 6.45) is -1.48. The van der Waals surface area contributed by atoms with E-state index in [1.807, 2.05) is 6.92 Å². The number of carbonyl (C=O) groups excluding carboxylic acids is 1. The topological polar surface area (TPSA) is 182 Å². The highest BCUT2D eigenvalue weighted by molar-refractivity contribution is 7.53. The molecule has 4 heterocycles. The fourth-order valence-electron chi connectivity index (χ4n) is 3.90. The molecule has 6 atom stereocenters. The standard InChI is InChI=1S/C20H31N6O8P/c1-5-30-17-14-16(24-20(21)25-17)26(8-22-14)18-15(27)12-6-31-35(29,32-7-13(12)34-18)9-23-11(4)19(28)33-10(2)3/h8,10-13,15,18,23,27H,5-7,9H2,1-4H3,(H2,21,24,25). The lowest BCUT2D eigenvalue weighted by molar-refractivity contribution is -0.149. The molecule has 4 rings (SSSR count). The molecule has 35 heavy (non-hydrogen) atoms. The number of nitrogens with zero attached hydrogens (tertiary/aromatic N) is 4. The minimum absolute atomic E-state index is 0.00369. The fraction of sp³-hybridized carbons (Fsp3) is 0.700. The molecule has 0 saturated carbocycles. The lowest BCUT2D eigenvalue weighted by Crippen LogP contribution is -2.37. The smallest absolute Gasteiger partial charge is 0.344 e. The van der Waals surface area contributed by atoms with Crippen LogP contribution in [-0.2, 0) is 27.9 Å². The van der Waals surface area contributed by atoms with Crippen LogP contribution in [0.3, 0.4) is 0 Å². The molecule has 4 N–H and O–H groups in total. The van der Waals surface area contributed by atoms with Crippen LogP contribution in [0.25, 0.3) is 11.2 Å². The summed E-state index contributed by atoms with van der Waals surface area (Å²) in [6.45, 7) is 7.12. The SMILES string of the molecule is CCOc1nc(N)nc2c1ncn2C1OC2COP(=O)(CNC(C)C(=O)OC(C)C)OCC2C1O. The Morgan fingerprint density at radius 3 is 2.80 bits per heavy atom. The molecule has 2 saturated heterocycles. The summed E-state index contributed by atoms with van der Waals surface area (Å²) in [5.74, 6) is -0.760. The van der Waals surface area contributed by atoms with E-state index in [4.69, 9.17) is 29.0 Å². The molecule has 2 fully saturated rings. The normalized spacial score (nSPS) is 29.7. The van der Waals surface area contributed by atoms with Crippen LogP contribution in [0.2, 0.25) is 0 Å². The summed E-state index contributed by atoms with van der Waals surface area (Å²) in [5.41, 5.74) is 6.56. The fourth-order valence-corrected chi connectivity index (χ4v) is 5.43. The van der Waals surface area contributed by atoms with Gasteiger partial charge in [-0.05, 0) is 27.7 Å². The Morgan fingerprint density at radius 1 is 1.34 bits per heavy atom. The van der Waals surface area contributed by atoms with Crippen molar-refractivity contribution in [2.24, 2.45) is 5.92 Å². The van der Waals surface area contributed by atoms with Crippen LogP contribution in [0, 0.1) is 5.92 Å². The third kappa shape index (κ3) is 5.42. The van der Waals surface area contributed by atoms with Crippen molar-refractivity contribution >= 4 is 30.7 Å². The minimum Gasteiger partial charge on any atom is -0.476 e. The number of hydrogen-bond acceptors (Lipinski definition) is 13. The van der Waals surface area contributed by atoms with Crippen molar-refractivity contribution in [1.82, 2.24) is 24.8 Å². The quantitative estimate of drug-likeness (QED) is 0.333. The summed E-state index contributed by atoms with van der Waals surface area (Å²) in [6, 6.07) is -0.699. The number of anilines is 1. The van der Waals surface area contributed by atoms with E-state index in [-0.39, 0.29) is 37.4 Å².